The minimum atomic E-state index is -0.192. The van der Waals surface area contributed by atoms with Gasteiger partial charge >= 0.3 is 0 Å². The second-order valence-electron chi connectivity index (χ2n) is 6.03. The average molecular weight is 366 g/mol. The normalized spacial score (nSPS) is 15.7. The minimum Gasteiger partial charge on any atom is -0.277 e. The van der Waals surface area contributed by atoms with E-state index < -0.39 is 0 Å². The van der Waals surface area contributed by atoms with Gasteiger partial charge in [0, 0.05) is 11.4 Å². The van der Waals surface area contributed by atoms with Crippen molar-refractivity contribution in [3.63, 3.8) is 0 Å². The minimum absolute atomic E-state index is 0.127. The second kappa shape index (κ2) is 6.84. The summed E-state index contributed by atoms with van der Waals surface area (Å²) in [5, 5.41) is 0.371. The summed E-state index contributed by atoms with van der Waals surface area (Å²) in [5.41, 5.74) is 7.21. The van der Waals surface area contributed by atoms with E-state index in [1.165, 1.54) is 10.1 Å². The van der Waals surface area contributed by atoms with Gasteiger partial charge in [0.05, 0.1) is 16.2 Å². The highest BCUT2D eigenvalue weighted by Crippen LogP contribution is 2.36. The summed E-state index contributed by atoms with van der Waals surface area (Å²) in [6.07, 6.45) is 0.695. The zero-order valence-corrected chi connectivity index (χ0v) is 15.0. The van der Waals surface area contributed by atoms with Crippen molar-refractivity contribution in [1.82, 2.24) is 15.0 Å². The molecule has 2 N–H and O–H groups in total. The van der Waals surface area contributed by atoms with E-state index >= 15 is 0 Å². The van der Waals surface area contributed by atoms with E-state index in [0.29, 0.717) is 29.8 Å². The van der Waals surface area contributed by atoms with Crippen LogP contribution < -0.4 is 16.4 Å². The molecule has 2 aromatic carbocycles. The summed E-state index contributed by atoms with van der Waals surface area (Å²) in [7, 11) is 0. The maximum atomic E-state index is 12.6. The van der Waals surface area contributed by atoms with Crippen molar-refractivity contribution in [2.75, 3.05) is 5.43 Å². The van der Waals surface area contributed by atoms with Gasteiger partial charge in [-0.1, -0.05) is 30.3 Å². The molecule has 1 atom stereocenters. The van der Waals surface area contributed by atoms with Crippen LogP contribution in [0.1, 0.15) is 12.5 Å². The third-order valence-electron chi connectivity index (χ3n) is 4.41. The first kappa shape index (κ1) is 16.7. The van der Waals surface area contributed by atoms with E-state index in [1.807, 2.05) is 43.3 Å². The van der Waals surface area contributed by atoms with E-state index in [-0.39, 0.29) is 16.7 Å². The third-order valence-corrected chi connectivity index (χ3v) is 5.73. The summed E-state index contributed by atoms with van der Waals surface area (Å²) >= 11 is 1.55. The van der Waals surface area contributed by atoms with Crippen LogP contribution in [0.5, 0.6) is 0 Å². The van der Waals surface area contributed by atoms with Gasteiger partial charge in [0.1, 0.15) is 0 Å². The first-order chi connectivity index (χ1) is 12.7. The Balaban J connectivity index is 1.53. The Morgan fingerprint density at radius 2 is 2.00 bits per heavy atom. The number of hydrogen-bond acceptors (Lipinski definition) is 5. The molecule has 132 valence electrons. The Hall–Kier alpha value is -2.80. The molecule has 0 aliphatic carbocycles. The first-order valence-corrected chi connectivity index (χ1v) is 9.35. The van der Waals surface area contributed by atoms with Crippen molar-refractivity contribution in [1.29, 1.82) is 0 Å². The topological polar surface area (TPSA) is 76.0 Å². The van der Waals surface area contributed by atoms with Crippen LogP contribution in [-0.2, 0) is 17.8 Å². The average Bonchev–Trinajstić information content (AvgIpc) is 3.10. The Bertz CT molecular complexity index is 1020. The number of rotatable bonds is 4. The molecule has 7 heteroatoms. The lowest BCUT2D eigenvalue weighted by Gasteiger charge is -2.15. The van der Waals surface area contributed by atoms with Gasteiger partial charge in [0.25, 0.3) is 11.5 Å². The number of nitrogens with zero attached hydrogens (tertiary/aromatic N) is 2. The molecule has 1 aliphatic rings. The number of carbonyl (C=O) groups is 1. The van der Waals surface area contributed by atoms with Gasteiger partial charge in [-0.2, -0.15) is 0 Å². The molecule has 2 heterocycles. The largest absolute Gasteiger partial charge is 0.277 e. The highest BCUT2D eigenvalue weighted by Gasteiger charge is 2.28. The van der Waals surface area contributed by atoms with Crippen molar-refractivity contribution in [3.8, 4) is 0 Å². The predicted octanol–water partition coefficient (Wildman–Crippen LogP) is 2.58. The number of carbonyl (C=O) groups excluding carboxylic acids is 1. The zero-order chi connectivity index (χ0) is 18.1. The Morgan fingerprint density at radius 3 is 2.81 bits per heavy atom. The first-order valence-electron chi connectivity index (χ1n) is 8.47. The molecular weight excluding hydrogens is 348 g/mol. The van der Waals surface area contributed by atoms with Crippen molar-refractivity contribution in [2.45, 2.75) is 30.0 Å². The molecule has 0 saturated carbocycles. The van der Waals surface area contributed by atoms with Gasteiger partial charge in [0.15, 0.2) is 0 Å². The monoisotopic (exact) mass is 366 g/mol. The molecule has 0 bridgehead atoms. The van der Waals surface area contributed by atoms with E-state index in [4.69, 9.17) is 0 Å². The molecule has 0 radical (unpaired) electrons. The van der Waals surface area contributed by atoms with E-state index in [9.17, 15) is 9.59 Å². The number of thioether (sulfide) groups is 1. The van der Waals surface area contributed by atoms with Gasteiger partial charge in [0.2, 0.25) is 5.95 Å². The molecule has 1 unspecified atom stereocenters. The molecule has 1 aromatic heterocycles. The lowest BCUT2D eigenvalue weighted by molar-refractivity contribution is -0.120. The van der Waals surface area contributed by atoms with Crippen molar-refractivity contribution in [2.24, 2.45) is 0 Å². The standard InChI is InChI=1S/C19H18N4O2S/c1-2-23-18(25)13-8-4-5-9-14(13)20-19(23)22-21-17(24)16-11-12-7-3-6-10-15(12)26-16/h3-10,16H,2,11H2,1H3,(H,20,22)(H,21,24). The molecule has 0 fully saturated rings. The molecule has 4 rings (SSSR count). The van der Waals surface area contributed by atoms with Crippen LogP contribution in [0.25, 0.3) is 10.9 Å². The van der Waals surface area contributed by atoms with Crippen molar-refractivity contribution in [3.05, 3.63) is 64.4 Å². The number of nitrogens with one attached hydrogen (secondary N) is 2. The van der Waals surface area contributed by atoms with Crippen molar-refractivity contribution < 1.29 is 4.79 Å². The number of hydrazine groups is 1. The fourth-order valence-corrected chi connectivity index (χ4v) is 4.28. The lowest BCUT2D eigenvalue weighted by atomic mass is 10.1. The van der Waals surface area contributed by atoms with Gasteiger partial charge < -0.3 is 0 Å². The van der Waals surface area contributed by atoms with Crippen LogP contribution >= 0.6 is 11.8 Å². The number of benzene rings is 2. The maximum Gasteiger partial charge on any atom is 0.262 e. The summed E-state index contributed by atoms with van der Waals surface area (Å²) in [4.78, 5) is 30.7. The number of para-hydroxylation sites is 1. The van der Waals surface area contributed by atoms with Gasteiger partial charge in [-0.25, -0.2) is 4.98 Å². The predicted molar refractivity (Wildman–Crippen MR) is 103 cm³/mol. The van der Waals surface area contributed by atoms with Crippen LogP contribution in [0.4, 0.5) is 5.95 Å². The molecule has 6 nitrogen and oxygen atoms in total. The van der Waals surface area contributed by atoms with E-state index in [2.05, 4.69) is 15.8 Å². The molecule has 1 aliphatic heterocycles. The molecule has 0 saturated heterocycles. The number of amides is 1. The van der Waals surface area contributed by atoms with E-state index in [0.717, 1.165) is 4.90 Å². The van der Waals surface area contributed by atoms with Crippen LogP contribution in [0.2, 0.25) is 0 Å². The zero-order valence-electron chi connectivity index (χ0n) is 14.2. The number of hydrogen-bond donors (Lipinski definition) is 2. The number of aromatic nitrogens is 2. The number of fused-ring (bicyclic) bond motifs is 2. The molecule has 26 heavy (non-hydrogen) atoms. The highest BCUT2D eigenvalue weighted by molar-refractivity contribution is 8.01. The SMILES string of the molecule is CCn1c(NNC(=O)C2Cc3ccccc3S2)nc2ccccc2c1=O. The van der Waals surface area contributed by atoms with Crippen LogP contribution in [0.3, 0.4) is 0 Å². The van der Waals surface area contributed by atoms with Crippen LogP contribution in [-0.4, -0.2) is 20.7 Å². The lowest BCUT2D eigenvalue weighted by Crippen LogP contribution is -2.39. The summed E-state index contributed by atoms with van der Waals surface area (Å²) in [6.45, 7) is 2.33. The third kappa shape index (κ3) is 2.94. The quantitative estimate of drug-likeness (QED) is 0.694. The number of anilines is 1. The molecule has 0 spiro atoms. The summed E-state index contributed by atoms with van der Waals surface area (Å²) < 4.78 is 1.51. The Kier molecular flexibility index (Phi) is 4.38. The van der Waals surface area contributed by atoms with Crippen LogP contribution in [0.15, 0.2) is 58.2 Å². The fraction of sp³-hybridized carbons (Fsp3) is 0.211. The molecular formula is C19H18N4O2S. The Morgan fingerprint density at radius 1 is 1.23 bits per heavy atom. The van der Waals surface area contributed by atoms with Crippen molar-refractivity contribution >= 4 is 34.5 Å². The molecule has 3 aromatic rings. The van der Waals surface area contributed by atoms with Crippen LogP contribution in [0, 0.1) is 0 Å². The summed E-state index contributed by atoms with van der Waals surface area (Å²) in [5.74, 6) is 0.210. The fourth-order valence-electron chi connectivity index (χ4n) is 3.08. The van der Waals surface area contributed by atoms with Gasteiger partial charge in [-0.15, -0.1) is 11.8 Å². The second-order valence-corrected chi connectivity index (χ2v) is 7.28. The van der Waals surface area contributed by atoms with Gasteiger partial charge in [-0.05, 0) is 37.1 Å². The van der Waals surface area contributed by atoms with Gasteiger partial charge in [-0.3, -0.25) is 25.0 Å². The summed E-state index contributed by atoms with van der Waals surface area (Å²) in [6, 6.07) is 15.2. The Labute approximate surface area is 154 Å². The molecule has 1 amide bonds. The maximum absolute atomic E-state index is 12.6. The smallest absolute Gasteiger partial charge is 0.262 e. The highest BCUT2D eigenvalue weighted by atomic mass is 32.2. The van der Waals surface area contributed by atoms with E-state index in [1.54, 1.807) is 23.9 Å².